The van der Waals surface area contributed by atoms with Crippen LogP contribution >= 0.6 is 0 Å². The molecule has 6 nitrogen and oxygen atoms in total. The average molecular weight is 409 g/mol. The fraction of sp³-hybridized carbons (Fsp3) is 0.458. The lowest BCUT2D eigenvalue weighted by Crippen LogP contribution is -2.34. The molecule has 2 heterocycles. The van der Waals surface area contributed by atoms with Crippen LogP contribution in [0, 0.1) is 0 Å². The van der Waals surface area contributed by atoms with Crippen molar-refractivity contribution in [3.63, 3.8) is 0 Å². The highest BCUT2D eigenvalue weighted by molar-refractivity contribution is 5.94. The average Bonchev–Trinajstić information content (AvgIpc) is 3.17. The third-order valence-electron chi connectivity index (χ3n) is 5.07. The maximum absolute atomic E-state index is 13.5. The predicted octanol–water partition coefficient (Wildman–Crippen LogP) is 4.96. The number of carbonyl (C=O) groups is 1. The fourth-order valence-electron chi connectivity index (χ4n) is 3.42. The lowest BCUT2D eigenvalue weighted by molar-refractivity contribution is 0.0746. The minimum Gasteiger partial charge on any atom is -0.497 e. The number of hydrogen-bond acceptors (Lipinski definition) is 4. The number of methoxy groups -OCH3 is 1. The molecular formula is C24H32N4O2. The topological polar surface area (TPSA) is 59.7 Å². The van der Waals surface area contributed by atoms with E-state index in [-0.39, 0.29) is 11.3 Å². The van der Waals surface area contributed by atoms with Crippen molar-refractivity contribution >= 4 is 11.6 Å². The van der Waals surface area contributed by atoms with Crippen molar-refractivity contribution in [2.24, 2.45) is 0 Å². The van der Waals surface area contributed by atoms with Gasteiger partial charge in [-0.05, 0) is 43.2 Å². The summed E-state index contributed by atoms with van der Waals surface area (Å²) in [5, 5.41) is 4.76. The van der Waals surface area contributed by atoms with E-state index in [1.54, 1.807) is 11.6 Å². The Morgan fingerprint density at radius 1 is 1.07 bits per heavy atom. The zero-order valence-corrected chi connectivity index (χ0v) is 18.9. The molecule has 2 aromatic heterocycles. The summed E-state index contributed by atoms with van der Waals surface area (Å²) >= 11 is 0. The van der Waals surface area contributed by atoms with Gasteiger partial charge in [-0.15, -0.1) is 0 Å². The molecule has 0 aliphatic carbocycles. The van der Waals surface area contributed by atoms with Gasteiger partial charge in [0.15, 0.2) is 5.65 Å². The first-order valence-electron chi connectivity index (χ1n) is 10.6. The lowest BCUT2D eigenvalue weighted by atomic mass is 9.93. The van der Waals surface area contributed by atoms with Crippen LogP contribution in [0.4, 0.5) is 0 Å². The second-order valence-electron chi connectivity index (χ2n) is 8.60. The zero-order chi connectivity index (χ0) is 21.9. The summed E-state index contributed by atoms with van der Waals surface area (Å²) in [4.78, 5) is 20.2. The second-order valence-corrected chi connectivity index (χ2v) is 8.60. The second kappa shape index (κ2) is 8.86. The number of nitrogens with zero attached hydrogens (tertiary/aromatic N) is 4. The number of hydrogen-bond donors (Lipinski definition) is 0. The summed E-state index contributed by atoms with van der Waals surface area (Å²) in [5.41, 5.74) is 3.69. The van der Waals surface area contributed by atoms with Crippen molar-refractivity contribution in [2.45, 2.75) is 52.9 Å². The van der Waals surface area contributed by atoms with E-state index in [4.69, 9.17) is 14.8 Å². The molecule has 0 N–H and O–H groups in total. The molecule has 1 aromatic carbocycles. The van der Waals surface area contributed by atoms with E-state index in [0.29, 0.717) is 11.3 Å². The van der Waals surface area contributed by atoms with Gasteiger partial charge in [0.25, 0.3) is 5.91 Å². The third-order valence-corrected chi connectivity index (χ3v) is 5.07. The molecule has 0 unspecified atom stereocenters. The highest BCUT2D eigenvalue weighted by Gasteiger charge is 2.24. The molecule has 3 aromatic rings. The molecule has 0 fully saturated rings. The summed E-state index contributed by atoms with van der Waals surface area (Å²) in [6.07, 6.45) is 1.83. The Hall–Kier alpha value is -2.89. The van der Waals surface area contributed by atoms with E-state index >= 15 is 0 Å². The molecular weight excluding hydrogens is 376 g/mol. The van der Waals surface area contributed by atoms with Gasteiger partial charge in [-0.25, -0.2) is 9.50 Å². The van der Waals surface area contributed by atoms with Crippen molar-refractivity contribution in [3.05, 3.63) is 47.8 Å². The van der Waals surface area contributed by atoms with E-state index in [1.807, 2.05) is 41.3 Å². The van der Waals surface area contributed by atoms with Gasteiger partial charge in [-0.2, -0.15) is 5.10 Å². The highest BCUT2D eigenvalue weighted by Crippen LogP contribution is 2.26. The predicted molar refractivity (Wildman–Crippen MR) is 120 cm³/mol. The van der Waals surface area contributed by atoms with Gasteiger partial charge in [0.05, 0.1) is 18.5 Å². The first-order valence-corrected chi connectivity index (χ1v) is 10.6. The van der Waals surface area contributed by atoms with Gasteiger partial charge in [0, 0.05) is 30.1 Å². The monoisotopic (exact) mass is 408 g/mol. The molecule has 30 heavy (non-hydrogen) atoms. The van der Waals surface area contributed by atoms with Crippen LogP contribution in [0.3, 0.4) is 0 Å². The van der Waals surface area contributed by atoms with Gasteiger partial charge in [0.1, 0.15) is 11.4 Å². The van der Waals surface area contributed by atoms with Crippen molar-refractivity contribution in [3.8, 4) is 17.0 Å². The molecule has 0 spiro atoms. The number of carbonyl (C=O) groups excluding carboxylic acids is 1. The summed E-state index contributed by atoms with van der Waals surface area (Å²) in [5.74, 6) is 0.775. The molecule has 0 aliphatic heterocycles. The van der Waals surface area contributed by atoms with Crippen LogP contribution in [0.5, 0.6) is 5.75 Å². The molecule has 0 bridgehead atoms. The number of benzene rings is 1. The first-order chi connectivity index (χ1) is 14.3. The Balaban J connectivity index is 2.18. The number of aromatic nitrogens is 3. The van der Waals surface area contributed by atoms with Crippen LogP contribution < -0.4 is 4.74 Å². The molecule has 6 heteroatoms. The zero-order valence-electron chi connectivity index (χ0n) is 18.9. The number of ether oxygens (including phenoxy) is 1. The summed E-state index contributed by atoms with van der Waals surface area (Å²) in [6.45, 7) is 12.0. The first kappa shape index (κ1) is 21.8. The molecule has 0 saturated heterocycles. The lowest BCUT2D eigenvalue weighted by Gasteiger charge is -2.22. The van der Waals surface area contributed by atoms with Crippen LogP contribution in [-0.4, -0.2) is 45.6 Å². The van der Waals surface area contributed by atoms with Crippen LogP contribution in [0.15, 0.2) is 36.4 Å². The Morgan fingerprint density at radius 3 is 2.23 bits per heavy atom. The Kier molecular flexibility index (Phi) is 6.44. The Morgan fingerprint density at radius 2 is 1.70 bits per heavy atom. The van der Waals surface area contributed by atoms with E-state index in [2.05, 4.69) is 34.6 Å². The van der Waals surface area contributed by atoms with E-state index in [0.717, 1.165) is 48.6 Å². The summed E-state index contributed by atoms with van der Waals surface area (Å²) in [6, 6.07) is 11.6. The fourth-order valence-corrected chi connectivity index (χ4v) is 3.42. The minimum absolute atomic E-state index is 0.00980. The van der Waals surface area contributed by atoms with Gasteiger partial charge >= 0.3 is 0 Å². The largest absolute Gasteiger partial charge is 0.497 e. The number of amides is 1. The van der Waals surface area contributed by atoms with Crippen LogP contribution in [0.25, 0.3) is 16.9 Å². The van der Waals surface area contributed by atoms with Gasteiger partial charge in [-0.1, -0.05) is 34.6 Å². The number of rotatable bonds is 7. The van der Waals surface area contributed by atoms with Gasteiger partial charge in [-0.3, -0.25) is 4.79 Å². The quantitative estimate of drug-likeness (QED) is 0.554. The van der Waals surface area contributed by atoms with Crippen LogP contribution in [0.1, 0.15) is 63.6 Å². The van der Waals surface area contributed by atoms with Crippen molar-refractivity contribution < 1.29 is 9.53 Å². The van der Waals surface area contributed by atoms with Crippen molar-refractivity contribution in [1.82, 2.24) is 19.5 Å². The highest BCUT2D eigenvalue weighted by atomic mass is 16.5. The SMILES string of the molecule is CCCN(CCC)C(=O)c1cc(-c2ccc(OC)cc2)nc2cc(C(C)(C)C)nn12. The smallest absolute Gasteiger partial charge is 0.272 e. The van der Waals surface area contributed by atoms with Gasteiger partial charge < -0.3 is 9.64 Å². The van der Waals surface area contributed by atoms with E-state index in [1.165, 1.54) is 0 Å². The van der Waals surface area contributed by atoms with Crippen molar-refractivity contribution in [2.75, 3.05) is 20.2 Å². The summed E-state index contributed by atoms with van der Waals surface area (Å²) in [7, 11) is 1.65. The van der Waals surface area contributed by atoms with Crippen LogP contribution in [-0.2, 0) is 5.41 Å². The Bertz CT molecular complexity index is 1010. The maximum Gasteiger partial charge on any atom is 0.272 e. The third kappa shape index (κ3) is 4.48. The van der Waals surface area contributed by atoms with E-state index in [9.17, 15) is 4.79 Å². The standard InChI is InChI=1S/C24H32N4O2/c1-7-13-27(14-8-2)23(29)20-15-19(17-9-11-18(30-6)12-10-17)25-22-16-21(24(3,4)5)26-28(20)22/h9-12,15-16H,7-8,13-14H2,1-6H3. The molecule has 160 valence electrons. The normalized spacial score (nSPS) is 11.7. The molecule has 0 atom stereocenters. The maximum atomic E-state index is 13.5. The van der Waals surface area contributed by atoms with E-state index < -0.39 is 0 Å². The molecule has 1 amide bonds. The van der Waals surface area contributed by atoms with Crippen LogP contribution in [0.2, 0.25) is 0 Å². The molecule has 0 aliphatic rings. The molecule has 0 radical (unpaired) electrons. The number of fused-ring (bicyclic) bond motifs is 1. The minimum atomic E-state index is -0.138. The Labute approximate surface area is 178 Å². The molecule has 3 rings (SSSR count). The molecule has 0 saturated carbocycles. The van der Waals surface area contributed by atoms with Gasteiger partial charge in [0.2, 0.25) is 0 Å². The van der Waals surface area contributed by atoms with Crippen molar-refractivity contribution in [1.29, 1.82) is 0 Å². The summed E-state index contributed by atoms with van der Waals surface area (Å²) < 4.78 is 6.97.